The molecule has 0 spiro atoms. The Morgan fingerprint density at radius 2 is 1.62 bits per heavy atom. The Morgan fingerprint density at radius 3 is 2.24 bits per heavy atom. The van der Waals surface area contributed by atoms with Gasteiger partial charge in [-0.25, -0.2) is 4.98 Å². The van der Waals surface area contributed by atoms with E-state index in [1.54, 1.807) is 0 Å². The molecular weight excluding hydrogens is 364 g/mol. The van der Waals surface area contributed by atoms with Crippen LogP contribution in [0.1, 0.15) is 28.9 Å². The van der Waals surface area contributed by atoms with Crippen LogP contribution < -0.4 is 9.80 Å². The first-order chi connectivity index (χ1) is 14.1. The second kappa shape index (κ2) is 8.64. The van der Waals surface area contributed by atoms with E-state index in [2.05, 4.69) is 14.8 Å². The number of aryl methyl sites for hydroxylation is 1. The minimum atomic E-state index is 0.115. The zero-order valence-corrected chi connectivity index (χ0v) is 17.0. The fourth-order valence-electron chi connectivity index (χ4n) is 4.27. The quantitative estimate of drug-likeness (QED) is 0.749. The topological polar surface area (TPSA) is 56.8 Å². The molecule has 0 saturated carbocycles. The van der Waals surface area contributed by atoms with Crippen molar-refractivity contribution in [1.82, 2.24) is 9.88 Å². The molecule has 6 heteroatoms. The molecular formula is C23H28N4O2. The molecule has 6 nitrogen and oxygen atoms in total. The molecule has 2 aliphatic rings. The van der Waals surface area contributed by atoms with Gasteiger partial charge in [0.15, 0.2) is 0 Å². The fraction of sp³-hybridized carbons (Fsp3) is 0.435. The number of anilines is 2. The van der Waals surface area contributed by atoms with Gasteiger partial charge in [-0.15, -0.1) is 0 Å². The van der Waals surface area contributed by atoms with Crippen LogP contribution in [-0.2, 0) is 4.79 Å². The number of pyridine rings is 1. The van der Waals surface area contributed by atoms with Crippen LogP contribution >= 0.6 is 0 Å². The number of carbonyl (C=O) groups excluding carboxylic acids is 2. The first kappa shape index (κ1) is 19.4. The molecule has 2 aliphatic heterocycles. The summed E-state index contributed by atoms with van der Waals surface area (Å²) in [5.74, 6) is 1.42. The van der Waals surface area contributed by atoms with Crippen LogP contribution in [0.2, 0.25) is 0 Å². The molecule has 1 aromatic heterocycles. The highest BCUT2D eigenvalue weighted by atomic mass is 16.2. The number of piperazine rings is 1. The first-order valence-corrected chi connectivity index (χ1v) is 10.4. The Bertz CT molecular complexity index is 851. The third kappa shape index (κ3) is 4.42. The summed E-state index contributed by atoms with van der Waals surface area (Å²) in [5.41, 5.74) is 2.84. The number of hydrogen-bond donors (Lipinski definition) is 0. The number of nitrogens with zero attached hydrogens (tertiary/aromatic N) is 4. The molecule has 0 aliphatic carbocycles. The molecule has 152 valence electrons. The molecule has 0 atom stereocenters. The summed E-state index contributed by atoms with van der Waals surface area (Å²) in [6.07, 6.45) is 2.63. The normalized spacial score (nSPS) is 18.0. The van der Waals surface area contributed by atoms with Crippen molar-refractivity contribution in [3.63, 3.8) is 0 Å². The van der Waals surface area contributed by atoms with Crippen molar-refractivity contribution in [3.05, 3.63) is 53.7 Å². The molecule has 1 aromatic carbocycles. The summed E-state index contributed by atoms with van der Waals surface area (Å²) >= 11 is 0. The van der Waals surface area contributed by atoms with Crippen LogP contribution in [-0.4, -0.2) is 61.3 Å². The highest BCUT2D eigenvalue weighted by Crippen LogP contribution is 2.25. The van der Waals surface area contributed by atoms with Gasteiger partial charge >= 0.3 is 0 Å². The highest BCUT2D eigenvalue weighted by molar-refractivity contribution is 5.79. The molecule has 1 amide bonds. The van der Waals surface area contributed by atoms with Gasteiger partial charge in [0.1, 0.15) is 12.1 Å². The van der Waals surface area contributed by atoms with Crippen molar-refractivity contribution in [1.29, 1.82) is 0 Å². The van der Waals surface area contributed by atoms with Crippen LogP contribution in [0.5, 0.6) is 0 Å². The lowest BCUT2D eigenvalue weighted by Crippen LogP contribution is -2.52. The van der Waals surface area contributed by atoms with Crippen LogP contribution in [0.15, 0.2) is 42.5 Å². The van der Waals surface area contributed by atoms with E-state index >= 15 is 0 Å². The fourth-order valence-corrected chi connectivity index (χ4v) is 4.27. The lowest BCUT2D eigenvalue weighted by atomic mass is 9.94. The second-order valence-corrected chi connectivity index (χ2v) is 7.92. The molecule has 29 heavy (non-hydrogen) atoms. The van der Waals surface area contributed by atoms with E-state index in [1.165, 1.54) is 0 Å². The standard InChI is InChI=1S/C23H28N4O2/c1-18-3-2-4-22(24-18)26-13-15-27(16-14-26)23(29)20-9-11-25(12-10-20)21-7-5-19(17-28)6-8-21/h2-8,17,20H,9-16H2,1H3. The number of amides is 1. The Hall–Kier alpha value is -2.89. The van der Waals surface area contributed by atoms with Crippen molar-refractivity contribution in [2.45, 2.75) is 19.8 Å². The molecule has 4 rings (SSSR count). The zero-order chi connectivity index (χ0) is 20.2. The number of carbonyl (C=O) groups is 2. The van der Waals surface area contributed by atoms with Gasteiger partial charge in [-0.05, 0) is 56.2 Å². The van der Waals surface area contributed by atoms with E-state index in [9.17, 15) is 9.59 Å². The minimum Gasteiger partial charge on any atom is -0.371 e. The van der Waals surface area contributed by atoms with Crippen molar-refractivity contribution in [3.8, 4) is 0 Å². The third-order valence-corrected chi connectivity index (χ3v) is 6.03. The molecule has 2 fully saturated rings. The number of hydrogen-bond acceptors (Lipinski definition) is 5. The third-order valence-electron chi connectivity index (χ3n) is 6.03. The number of aldehydes is 1. The Kier molecular flexibility index (Phi) is 5.79. The summed E-state index contributed by atoms with van der Waals surface area (Å²) in [4.78, 5) is 35.0. The van der Waals surface area contributed by atoms with Gasteiger partial charge in [0.05, 0.1) is 0 Å². The lowest BCUT2D eigenvalue weighted by molar-refractivity contribution is -0.136. The van der Waals surface area contributed by atoms with Gasteiger partial charge in [-0.3, -0.25) is 9.59 Å². The SMILES string of the molecule is Cc1cccc(N2CCN(C(=O)C3CCN(c4ccc(C=O)cc4)CC3)CC2)n1. The van der Waals surface area contributed by atoms with E-state index in [1.807, 2.05) is 54.3 Å². The number of piperidine rings is 1. The average Bonchev–Trinajstić information content (AvgIpc) is 2.79. The van der Waals surface area contributed by atoms with Crippen LogP contribution in [0.3, 0.4) is 0 Å². The molecule has 0 unspecified atom stereocenters. The molecule has 2 aromatic rings. The van der Waals surface area contributed by atoms with Gasteiger partial charge in [0, 0.05) is 62.1 Å². The Morgan fingerprint density at radius 1 is 0.931 bits per heavy atom. The van der Waals surface area contributed by atoms with Crippen molar-refractivity contribution in [2.24, 2.45) is 5.92 Å². The van der Waals surface area contributed by atoms with E-state index in [-0.39, 0.29) is 5.92 Å². The molecule has 0 N–H and O–H groups in total. The second-order valence-electron chi connectivity index (χ2n) is 7.92. The van der Waals surface area contributed by atoms with Crippen LogP contribution in [0, 0.1) is 12.8 Å². The summed E-state index contributed by atoms with van der Waals surface area (Å²) in [6.45, 7) is 6.97. The Balaban J connectivity index is 1.28. The van der Waals surface area contributed by atoms with Crippen LogP contribution in [0.4, 0.5) is 11.5 Å². The maximum Gasteiger partial charge on any atom is 0.225 e. The van der Waals surface area contributed by atoms with Gasteiger partial charge in [0.2, 0.25) is 5.91 Å². The van der Waals surface area contributed by atoms with Gasteiger partial charge in [0.25, 0.3) is 0 Å². The van der Waals surface area contributed by atoms with Crippen molar-refractivity contribution in [2.75, 3.05) is 49.1 Å². The van der Waals surface area contributed by atoms with Gasteiger partial charge < -0.3 is 14.7 Å². The van der Waals surface area contributed by atoms with E-state index in [4.69, 9.17) is 0 Å². The maximum absolute atomic E-state index is 13.0. The average molecular weight is 393 g/mol. The number of aromatic nitrogens is 1. The molecule has 0 radical (unpaired) electrons. The summed E-state index contributed by atoms with van der Waals surface area (Å²) in [6, 6.07) is 13.8. The van der Waals surface area contributed by atoms with E-state index in [0.29, 0.717) is 11.5 Å². The molecule has 0 bridgehead atoms. The highest BCUT2D eigenvalue weighted by Gasteiger charge is 2.30. The monoisotopic (exact) mass is 392 g/mol. The predicted octanol–water partition coefficient (Wildman–Crippen LogP) is 2.77. The van der Waals surface area contributed by atoms with Crippen molar-refractivity contribution >= 4 is 23.7 Å². The smallest absolute Gasteiger partial charge is 0.225 e. The lowest BCUT2D eigenvalue weighted by Gasteiger charge is -2.39. The summed E-state index contributed by atoms with van der Waals surface area (Å²) in [7, 11) is 0. The number of rotatable bonds is 4. The predicted molar refractivity (Wildman–Crippen MR) is 115 cm³/mol. The molecule has 2 saturated heterocycles. The van der Waals surface area contributed by atoms with E-state index in [0.717, 1.165) is 75.6 Å². The zero-order valence-electron chi connectivity index (χ0n) is 17.0. The van der Waals surface area contributed by atoms with E-state index < -0.39 is 0 Å². The Labute approximate surface area is 172 Å². The minimum absolute atomic E-state index is 0.115. The van der Waals surface area contributed by atoms with Crippen LogP contribution in [0.25, 0.3) is 0 Å². The summed E-state index contributed by atoms with van der Waals surface area (Å²) in [5, 5.41) is 0. The van der Waals surface area contributed by atoms with Crippen molar-refractivity contribution < 1.29 is 9.59 Å². The van der Waals surface area contributed by atoms with Gasteiger partial charge in [-0.2, -0.15) is 0 Å². The van der Waals surface area contributed by atoms with Gasteiger partial charge in [-0.1, -0.05) is 6.07 Å². The first-order valence-electron chi connectivity index (χ1n) is 10.4. The largest absolute Gasteiger partial charge is 0.371 e. The summed E-state index contributed by atoms with van der Waals surface area (Å²) < 4.78 is 0. The molecule has 3 heterocycles. The number of benzene rings is 1. The maximum atomic E-state index is 13.0.